The maximum atomic E-state index is 13.4. The first kappa shape index (κ1) is 31.6. The molecule has 11 heteroatoms. The number of aryl methyl sites for hydroxylation is 2. The number of amides is 4. The summed E-state index contributed by atoms with van der Waals surface area (Å²) in [5, 5.41) is 15.3. The van der Waals surface area contributed by atoms with Gasteiger partial charge in [-0.3, -0.25) is 10.6 Å². The Hall–Kier alpha value is -5.42. The van der Waals surface area contributed by atoms with Gasteiger partial charge in [-0.2, -0.15) is 5.10 Å². The fourth-order valence-electron chi connectivity index (χ4n) is 5.49. The molecule has 0 saturated carbocycles. The lowest BCUT2D eigenvalue weighted by Gasteiger charge is -2.32. The number of aromatic nitrogens is 3. The highest BCUT2D eigenvalue weighted by atomic mass is 16.5. The van der Waals surface area contributed by atoms with Gasteiger partial charge in [-0.1, -0.05) is 55.3 Å². The molecule has 1 aliphatic rings. The number of nitrogens with one attached hydrogen (secondary N) is 3. The van der Waals surface area contributed by atoms with Gasteiger partial charge in [-0.05, 0) is 57.1 Å². The summed E-state index contributed by atoms with van der Waals surface area (Å²) in [5.74, 6) is 2.14. The first-order valence-corrected chi connectivity index (χ1v) is 16.0. The Kier molecular flexibility index (Phi) is 9.63. The number of fused-ring (bicyclic) bond motifs is 1. The number of unbranched alkanes of at least 4 members (excludes halogenated alkanes) is 1. The molecule has 0 unspecified atom stereocenters. The van der Waals surface area contributed by atoms with Crippen LogP contribution in [0.4, 0.5) is 26.9 Å². The van der Waals surface area contributed by atoms with Gasteiger partial charge in [0.1, 0.15) is 23.1 Å². The van der Waals surface area contributed by atoms with Gasteiger partial charge in [0.05, 0.1) is 17.1 Å². The van der Waals surface area contributed by atoms with E-state index in [9.17, 15) is 9.59 Å². The number of rotatable bonds is 9. The van der Waals surface area contributed by atoms with Crippen molar-refractivity contribution in [1.82, 2.24) is 24.6 Å². The number of pyridine rings is 1. The van der Waals surface area contributed by atoms with Crippen molar-refractivity contribution in [2.75, 3.05) is 49.2 Å². The lowest BCUT2D eigenvalue weighted by atomic mass is 10.1. The topological polar surface area (TPSA) is 117 Å². The zero-order valence-corrected chi connectivity index (χ0v) is 27.0. The van der Waals surface area contributed by atoms with E-state index in [4.69, 9.17) is 9.84 Å². The van der Waals surface area contributed by atoms with Crippen LogP contribution in [0.1, 0.15) is 31.0 Å². The first-order chi connectivity index (χ1) is 22.9. The maximum Gasteiger partial charge on any atom is 0.324 e. The lowest BCUT2D eigenvalue weighted by molar-refractivity contribution is 0.164. The van der Waals surface area contributed by atoms with E-state index in [1.54, 1.807) is 27.9 Å². The predicted octanol–water partition coefficient (Wildman–Crippen LogP) is 7.29. The maximum absolute atomic E-state index is 13.4. The molecule has 0 aliphatic carbocycles. The molecule has 0 atom stereocenters. The Morgan fingerprint density at radius 2 is 1.64 bits per heavy atom. The second-order valence-corrected chi connectivity index (χ2v) is 11.8. The van der Waals surface area contributed by atoms with Gasteiger partial charge in [0.2, 0.25) is 0 Å². The van der Waals surface area contributed by atoms with Gasteiger partial charge >= 0.3 is 12.1 Å². The molecule has 6 rings (SSSR count). The van der Waals surface area contributed by atoms with Crippen molar-refractivity contribution in [3.05, 3.63) is 96.3 Å². The molecular formula is C36H40N8O3. The summed E-state index contributed by atoms with van der Waals surface area (Å²) >= 11 is 0. The second-order valence-electron chi connectivity index (χ2n) is 11.8. The molecule has 0 radical (unpaired) electrons. The van der Waals surface area contributed by atoms with Crippen LogP contribution in [-0.2, 0) is 6.42 Å². The normalized spacial score (nSPS) is 13.4. The third kappa shape index (κ3) is 7.70. The van der Waals surface area contributed by atoms with Crippen LogP contribution in [0.5, 0.6) is 11.5 Å². The van der Waals surface area contributed by atoms with Crippen molar-refractivity contribution in [2.24, 2.45) is 0 Å². The van der Waals surface area contributed by atoms with Crippen LogP contribution < -0.4 is 20.7 Å². The van der Waals surface area contributed by atoms with Crippen LogP contribution in [0.2, 0.25) is 0 Å². The van der Waals surface area contributed by atoms with Crippen LogP contribution in [0, 0.1) is 6.92 Å². The van der Waals surface area contributed by atoms with Crippen molar-refractivity contribution < 1.29 is 14.3 Å². The molecule has 4 amide bonds. The summed E-state index contributed by atoms with van der Waals surface area (Å²) in [5.41, 5.74) is 3.58. The molecule has 3 N–H and O–H groups in total. The van der Waals surface area contributed by atoms with Crippen molar-refractivity contribution in [3.8, 4) is 17.2 Å². The molecule has 1 aliphatic heterocycles. The van der Waals surface area contributed by atoms with Crippen molar-refractivity contribution >= 4 is 40.2 Å². The second kappa shape index (κ2) is 14.3. The third-order valence-corrected chi connectivity index (χ3v) is 8.18. The molecule has 3 heterocycles. The number of anilines is 3. The van der Waals surface area contributed by atoms with E-state index < -0.39 is 0 Å². The Labute approximate surface area is 274 Å². The number of hydrogen-bond donors (Lipinski definition) is 3. The SMILES string of the molecule is CCCCc1cc(NC(=O)Nc2ccc(Oc3ccnc(NC(=O)N4CCN(C)CC4)c3)c3ccccc23)n(-c2ccc(C)cc2)n1. The average Bonchev–Trinajstić information content (AvgIpc) is 3.47. The fraction of sp³-hybridized carbons (Fsp3) is 0.278. The Balaban J connectivity index is 1.18. The van der Waals surface area contributed by atoms with E-state index >= 15 is 0 Å². The molecule has 3 aromatic carbocycles. The fourth-order valence-corrected chi connectivity index (χ4v) is 5.49. The van der Waals surface area contributed by atoms with E-state index in [0.717, 1.165) is 60.1 Å². The van der Waals surface area contributed by atoms with Crippen molar-refractivity contribution in [2.45, 2.75) is 33.1 Å². The summed E-state index contributed by atoms with van der Waals surface area (Å²) in [6, 6.07) is 24.2. The highest BCUT2D eigenvalue weighted by Gasteiger charge is 2.20. The Morgan fingerprint density at radius 1 is 0.872 bits per heavy atom. The minimum Gasteiger partial charge on any atom is -0.457 e. The molecule has 1 fully saturated rings. The van der Waals surface area contributed by atoms with Gasteiger partial charge in [0.15, 0.2) is 0 Å². The molecule has 47 heavy (non-hydrogen) atoms. The van der Waals surface area contributed by atoms with E-state index in [0.29, 0.717) is 41.9 Å². The molecule has 5 aromatic rings. The average molecular weight is 633 g/mol. The molecule has 242 valence electrons. The van der Waals surface area contributed by atoms with E-state index in [1.165, 1.54) is 0 Å². The smallest absolute Gasteiger partial charge is 0.324 e. The van der Waals surface area contributed by atoms with Crippen LogP contribution in [0.25, 0.3) is 16.5 Å². The molecule has 11 nitrogen and oxygen atoms in total. The summed E-state index contributed by atoms with van der Waals surface area (Å²) in [4.78, 5) is 34.4. The monoisotopic (exact) mass is 632 g/mol. The Bertz CT molecular complexity index is 1860. The number of likely N-dealkylation sites (N-methyl/N-ethyl adjacent to an activating group) is 1. The Morgan fingerprint density at radius 3 is 2.40 bits per heavy atom. The van der Waals surface area contributed by atoms with E-state index in [-0.39, 0.29) is 12.1 Å². The standard InChI is InChI=1S/C36H40N8O3/c1-4-5-8-26-23-34(44(41-26)27-13-11-25(2)12-14-27)40-35(45)38-31-15-16-32(30-10-7-6-9-29(30)31)47-28-17-18-37-33(24-28)39-36(46)43-21-19-42(3)20-22-43/h6-7,9-18,23-24H,4-5,8,19-22H2,1-3H3,(H,37,39,46)(H2,38,40,45). The molecule has 0 spiro atoms. The molecule has 0 bridgehead atoms. The number of urea groups is 2. The van der Waals surface area contributed by atoms with E-state index in [1.807, 2.05) is 80.7 Å². The summed E-state index contributed by atoms with van der Waals surface area (Å²) in [6.07, 6.45) is 4.51. The van der Waals surface area contributed by atoms with Crippen molar-refractivity contribution in [1.29, 1.82) is 0 Å². The lowest BCUT2D eigenvalue weighted by Crippen LogP contribution is -2.48. The zero-order valence-electron chi connectivity index (χ0n) is 27.0. The highest BCUT2D eigenvalue weighted by molar-refractivity contribution is 6.07. The van der Waals surface area contributed by atoms with Gasteiger partial charge < -0.3 is 19.9 Å². The van der Waals surface area contributed by atoms with Gasteiger partial charge in [0.25, 0.3) is 0 Å². The number of piperazine rings is 1. The minimum absolute atomic E-state index is 0.180. The van der Waals surface area contributed by atoms with Gasteiger partial charge in [0, 0.05) is 55.3 Å². The summed E-state index contributed by atoms with van der Waals surface area (Å²) < 4.78 is 8.06. The minimum atomic E-state index is -0.381. The number of carbonyl (C=O) groups excluding carboxylic acids is 2. The number of benzene rings is 3. The number of hydrogen-bond acceptors (Lipinski definition) is 6. The summed E-state index contributed by atoms with van der Waals surface area (Å²) in [7, 11) is 2.05. The number of carbonyl (C=O) groups is 2. The largest absolute Gasteiger partial charge is 0.457 e. The molecule has 2 aromatic heterocycles. The predicted molar refractivity (Wildman–Crippen MR) is 186 cm³/mol. The van der Waals surface area contributed by atoms with E-state index in [2.05, 4.69) is 32.8 Å². The van der Waals surface area contributed by atoms with Crippen molar-refractivity contribution in [3.63, 3.8) is 0 Å². The third-order valence-electron chi connectivity index (χ3n) is 8.18. The zero-order chi connectivity index (χ0) is 32.8. The van der Waals surface area contributed by atoms with Crippen LogP contribution in [0.3, 0.4) is 0 Å². The van der Waals surface area contributed by atoms with Gasteiger partial charge in [-0.25, -0.2) is 19.3 Å². The van der Waals surface area contributed by atoms with Crippen LogP contribution in [0.15, 0.2) is 85.1 Å². The summed E-state index contributed by atoms with van der Waals surface area (Å²) in [6.45, 7) is 7.19. The van der Waals surface area contributed by atoms with Crippen LogP contribution in [-0.4, -0.2) is 69.9 Å². The molecular weight excluding hydrogens is 592 g/mol. The highest BCUT2D eigenvalue weighted by Crippen LogP contribution is 2.35. The first-order valence-electron chi connectivity index (χ1n) is 16.0. The number of nitrogens with zero attached hydrogens (tertiary/aromatic N) is 5. The number of ether oxygens (including phenoxy) is 1. The van der Waals surface area contributed by atoms with Gasteiger partial charge in [-0.15, -0.1) is 0 Å². The molecule has 1 saturated heterocycles. The quantitative estimate of drug-likeness (QED) is 0.157. The van der Waals surface area contributed by atoms with Crippen LogP contribution >= 0.6 is 0 Å².